The van der Waals surface area contributed by atoms with Crippen molar-refractivity contribution in [3.05, 3.63) is 39.6 Å². The number of hydrogen-bond donors (Lipinski definition) is 0. The van der Waals surface area contributed by atoms with Gasteiger partial charge in [0.15, 0.2) is 0 Å². The fourth-order valence-corrected chi connectivity index (χ4v) is 2.00. The molecule has 0 atom stereocenters. The topological polar surface area (TPSA) is 12.9 Å². The van der Waals surface area contributed by atoms with Gasteiger partial charge in [0.2, 0.25) is 0 Å². The van der Waals surface area contributed by atoms with Crippen molar-refractivity contribution < 1.29 is 0 Å². The van der Waals surface area contributed by atoms with E-state index in [9.17, 15) is 0 Å². The molecule has 0 aliphatic heterocycles. The molecule has 0 saturated heterocycles. The zero-order chi connectivity index (χ0) is 8.27. The monoisotopic (exact) mass is 275 g/mol. The van der Waals surface area contributed by atoms with Gasteiger partial charge in [0.05, 0.1) is 0 Å². The van der Waals surface area contributed by atoms with Crippen LogP contribution in [0.5, 0.6) is 0 Å². The molecule has 1 aromatic rings. The van der Waals surface area contributed by atoms with E-state index >= 15 is 0 Å². The quantitative estimate of drug-likeness (QED) is 0.596. The summed E-state index contributed by atoms with van der Waals surface area (Å²) in [4.78, 5) is 4.10. The first kappa shape index (κ1) is 8.94. The van der Waals surface area contributed by atoms with Crippen molar-refractivity contribution in [2.45, 2.75) is 6.42 Å². The molecule has 0 bridgehead atoms. The minimum Gasteiger partial charge on any atom is -0.249 e. The van der Waals surface area contributed by atoms with Crippen molar-refractivity contribution in [2.75, 3.05) is 0 Å². The van der Waals surface area contributed by atoms with E-state index in [1.807, 2.05) is 12.1 Å². The van der Waals surface area contributed by atoms with E-state index in [-0.39, 0.29) is 0 Å². The molecule has 1 aromatic heterocycles. The predicted octanol–water partition coefficient (Wildman–Crippen LogP) is 3.34. The van der Waals surface area contributed by atoms with Crippen molar-refractivity contribution in [1.82, 2.24) is 4.98 Å². The summed E-state index contributed by atoms with van der Waals surface area (Å²) >= 11 is 6.79. The number of rotatable bonds is 2. The lowest BCUT2D eigenvalue weighted by Crippen LogP contribution is -1.87. The lowest BCUT2D eigenvalue weighted by Gasteiger charge is -2.01. The van der Waals surface area contributed by atoms with Gasteiger partial charge in [0.1, 0.15) is 4.60 Å². The molecule has 0 saturated carbocycles. The Kier molecular flexibility index (Phi) is 3.27. The first-order valence-corrected chi connectivity index (χ1v) is 4.74. The Morgan fingerprint density at radius 3 is 2.82 bits per heavy atom. The zero-order valence-electron chi connectivity index (χ0n) is 5.85. The lowest BCUT2D eigenvalue weighted by molar-refractivity contribution is 1.14. The van der Waals surface area contributed by atoms with E-state index in [0.29, 0.717) is 0 Å². The fourth-order valence-electron chi connectivity index (χ4n) is 0.771. The molecule has 0 radical (unpaired) electrons. The Balaban J connectivity index is 3.09. The summed E-state index contributed by atoms with van der Waals surface area (Å²) < 4.78 is 1.95. The molecule has 0 spiro atoms. The van der Waals surface area contributed by atoms with E-state index in [1.54, 1.807) is 6.20 Å². The van der Waals surface area contributed by atoms with Gasteiger partial charge in [0.25, 0.3) is 0 Å². The Labute approximate surface area is 82.8 Å². The molecular formula is C8H7Br2N. The molecule has 0 aromatic carbocycles. The third-order valence-corrected chi connectivity index (χ3v) is 2.72. The maximum atomic E-state index is 4.10. The van der Waals surface area contributed by atoms with E-state index in [0.717, 1.165) is 21.1 Å². The summed E-state index contributed by atoms with van der Waals surface area (Å²) in [6.07, 6.45) is 4.43. The van der Waals surface area contributed by atoms with Gasteiger partial charge in [-0.15, -0.1) is 6.58 Å². The summed E-state index contributed by atoms with van der Waals surface area (Å²) in [6, 6.07) is 1.92. The molecule has 0 aliphatic rings. The molecule has 3 heteroatoms. The summed E-state index contributed by atoms with van der Waals surface area (Å²) in [7, 11) is 0. The van der Waals surface area contributed by atoms with Crippen molar-refractivity contribution in [3.63, 3.8) is 0 Å². The first-order valence-electron chi connectivity index (χ1n) is 3.15. The highest BCUT2D eigenvalue weighted by Gasteiger charge is 2.02. The smallest absolute Gasteiger partial charge is 0.110 e. The highest BCUT2D eigenvalue weighted by molar-refractivity contribution is 9.11. The largest absolute Gasteiger partial charge is 0.249 e. The van der Waals surface area contributed by atoms with Crippen LogP contribution in [0.3, 0.4) is 0 Å². The normalized spacial score (nSPS) is 9.64. The van der Waals surface area contributed by atoms with E-state index in [2.05, 4.69) is 43.4 Å². The summed E-state index contributed by atoms with van der Waals surface area (Å²) in [6.45, 7) is 3.67. The Hall–Kier alpha value is -0.150. The average molecular weight is 277 g/mol. The predicted molar refractivity (Wildman–Crippen MR) is 53.5 cm³/mol. The molecule has 0 N–H and O–H groups in total. The molecule has 0 unspecified atom stereocenters. The molecule has 11 heavy (non-hydrogen) atoms. The number of hydrogen-bond acceptors (Lipinski definition) is 1. The van der Waals surface area contributed by atoms with E-state index < -0.39 is 0 Å². The van der Waals surface area contributed by atoms with Crippen LogP contribution in [0.4, 0.5) is 0 Å². The SMILES string of the molecule is C=CCc1c(Br)ccnc1Br. The van der Waals surface area contributed by atoms with Gasteiger partial charge in [-0.2, -0.15) is 0 Å². The molecule has 1 heterocycles. The van der Waals surface area contributed by atoms with Crippen molar-refractivity contribution in [2.24, 2.45) is 0 Å². The maximum Gasteiger partial charge on any atom is 0.110 e. The first-order chi connectivity index (χ1) is 5.25. The highest BCUT2D eigenvalue weighted by Crippen LogP contribution is 2.23. The van der Waals surface area contributed by atoms with Crippen LogP contribution in [-0.4, -0.2) is 4.98 Å². The van der Waals surface area contributed by atoms with Crippen LogP contribution >= 0.6 is 31.9 Å². The van der Waals surface area contributed by atoms with Crippen LogP contribution in [0.1, 0.15) is 5.56 Å². The number of allylic oxidation sites excluding steroid dienone is 1. The Bertz CT molecular complexity index is 251. The summed E-state index contributed by atoms with van der Waals surface area (Å²) in [5, 5.41) is 0. The number of pyridine rings is 1. The van der Waals surface area contributed by atoms with E-state index in [4.69, 9.17) is 0 Å². The van der Waals surface area contributed by atoms with Gasteiger partial charge in [-0.1, -0.05) is 22.0 Å². The minimum absolute atomic E-state index is 0.828. The van der Waals surface area contributed by atoms with Gasteiger partial charge in [-0.25, -0.2) is 4.98 Å². The molecule has 0 aliphatic carbocycles. The van der Waals surface area contributed by atoms with Gasteiger partial charge < -0.3 is 0 Å². The Morgan fingerprint density at radius 2 is 2.27 bits per heavy atom. The van der Waals surface area contributed by atoms with Crippen LogP contribution < -0.4 is 0 Å². The Morgan fingerprint density at radius 1 is 1.55 bits per heavy atom. The van der Waals surface area contributed by atoms with Crippen LogP contribution in [0.25, 0.3) is 0 Å². The van der Waals surface area contributed by atoms with Crippen molar-refractivity contribution in [1.29, 1.82) is 0 Å². The molecule has 1 nitrogen and oxygen atoms in total. The second-order valence-corrected chi connectivity index (χ2v) is 3.66. The van der Waals surface area contributed by atoms with Crippen LogP contribution in [0, 0.1) is 0 Å². The second kappa shape index (κ2) is 4.02. The van der Waals surface area contributed by atoms with E-state index in [1.165, 1.54) is 0 Å². The third kappa shape index (κ3) is 2.14. The fraction of sp³-hybridized carbons (Fsp3) is 0.125. The van der Waals surface area contributed by atoms with Crippen LogP contribution in [-0.2, 0) is 6.42 Å². The van der Waals surface area contributed by atoms with Gasteiger partial charge >= 0.3 is 0 Å². The molecule has 0 fully saturated rings. The van der Waals surface area contributed by atoms with Gasteiger partial charge in [0, 0.05) is 16.2 Å². The lowest BCUT2D eigenvalue weighted by atomic mass is 10.2. The third-order valence-electron chi connectivity index (χ3n) is 1.29. The number of halogens is 2. The van der Waals surface area contributed by atoms with Crippen molar-refractivity contribution >= 4 is 31.9 Å². The second-order valence-electron chi connectivity index (χ2n) is 2.05. The number of nitrogens with zero attached hydrogens (tertiary/aromatic N) is 1. The van der Waals surface area contributed by atoms with Crippen molar-refractivity contribution in [3.8, 4) is 0 Å². The highest BCUT2D eigenvalue weighted by atomic mass is 79.9. The minimum atomic E-state index is 0.828. The van der Waals surface area contributed by atoms with Gasteiger partial charge in [-0.3, -0.25) is 0 Å². The van der Waals surface area contributed by atoms with Crippen LogP contribution in [0.2, 0.25) is 0 Å². The molecule has 58 valence electrons. The molecular weight excluding hydrogens is 270 g/mol. The molecule has 1 rings (SSSR count). The maximum absolute atomic E-state index is 4.10. The standard InChI is InChI=1S/C8H7Br2N/c1-2-3-6-7(9)4-5-11-8(6)10/h2,4-5H,1,3H2. The van der Waals surface area contributed by atoms with Gasteiger partial charge in [-0.05, 0) is 28.4 Å². The summed E-state index contributed by atoms with van der Waals surface area (Å²) in [5.41, 5.74) is 1.14. The molecule has 0 amide bonds. The average Bonchev–Trinajstić information content (AvgIpc) is 1.97. The zero-order valence-corrected chi connectivity index (χ0v) is 9.02. The van der Waals surface area contributed by atoms with Crippen LogP contribution in [0.15, 0.2) is 34.0 Å². The summed E-state index contributed by atoms with van der Waals surface area (Å²) in [5.74, 6) is 0. The number of aromatic nitrogens is 1.